The lowest BCUT2D eigenvalue weighted by molar-refractivity contribution is 0.224. The smallest absolute Gasteiger partial charge is 0.393 e. The molecule has 0 unspecified atom stereocenters. The van der Waals surface area contributed by atoms with Crippen LogP contribution in [0.2, 0.25) is 0 Å². The van der Waals surface area contributed by atoms with Gasteiger partial charge in [-0.2, -0.15) is 4.98 Å². The first-order chi connectivity index (χ1) is 8.86. The molecule has 0 spiro atoms. The van der Waals surface area contributed by atoms with Crippen LogP contribution in [0.5, 0.6) is 6.08 Å². The lowest BCUT2D eigenvalue weighted by Gasteiger charge is -2.01. The van der Waals surface area contributed by atoms with E-state index in [1.807, 2.05) is 0 Å². The zero-order chi connectivity index (χ0) is 13.1. The number of aromatic nitrogens is 1. The van der Waals surface area contributed by atoms with Crippen molar-refractivity contribution in [2.75, 3.05) is 13.2 Å². The van der Waals surface area contributed by atoms with Gasteiger partial charge in [0.05, 0.1) is 12.3 Å². The predicted molar refractivity (Wildman–Crippen MR) is 72.8 cm³/mol. The molecule has 0 aromatic carbocycles. The van der Waals surface area contributed by atoms with Gasteiger partial charge < -0.3 is 14.5 Å². The van der Waals surface area contributed by atoms with Crippen LogP contribution in [0, 0.1) is 0 Å². The van der Waals surface area contributed by atoms with Gasteiger partial charge in [0, 0.05) is 6.54 Å². The van der Waals surface area contributed by atoms with Gasteiger partial charge in [0.2, 0.25) is 0 Å². The number of hydrogen-bond donors (Lipinski definition) is 1. The first-order valence-electron chi connectivity index (χ1n) is 7.14. The highest BCUT2D eigenvalue weighted by molar-refractivity contribution is 4.99. The molecule has 0 saturated heterocycles. The second kappa shape index (κ2) is 9.95. The molecule has 1 N–H and O–H groups in total. The number of rotatable bonds is 11. The summed E-state index contributed by atoms with van der Waals surface area (Å²) < 4.78 is 10.7. The largest absolute Gasteiger partial charge is 0.450 e. The number of unbranched alkanes of at least 4 members (excludes halogenated alkanes) is 5. The van der Waals surface area contributed by atoms with Crippen molar-refractivity contribution in [2.24, 2.45) is 0 Å². The molecule has 1 aromatic rings. The van der Waals surface area contributed by atoms with Crippen LogP contribution in [0.25, 0.3) is 0 Å². The summed E-state index contributed by atoms with van der Waals surface area (Å²) in [6.45, 7) is 6.67. The van der Waals surface area contributed by atoms with Gasteiger partial charge in [-0.25, -0.2) is 0 Å². The molecule has 0 aliphatic carbocycles. The molecule has 0 aliphatic rings. The Balaban J connectivity index is 2.03. The molecule has 4 nitrogen and oxygen atoms in total. The summed E-state index contributed by atoms with van der Waals surface area (Å²) in [5.74, 6) is 0. The fourth-order valence-corrected chi connectivity index (χ4v) is 1.73. The Hall–Kier alpha value is -1.03. The molecule has 18 heavy (non-hydrogen) atoms. The third-order valence-corrected chi connectivity index (χ3v) is 2.81. The van der Waals surface area contributed by atoms with Crippen molar-refractivity contribution in [2.45, 2.75) is 58.9 Å². The van der Waals surface area contributed by atoms with Crippen LogP contribution >= 0.6 is 0 Å². The SMILES string of the molecule is CCCCCCCCOc1nc(CNCC)co1. The molecular formula is C14H26N2O2. The molecule has 1 aromatic heterocycles. The maximum atomic E-state index is 5.47. The standard InChI is InChI=1S/C14H26N2O2/c1-3-5-6-7-8-9-10-17-14-16-13(12-18-14)11-15-4-2/h12,15H,3-11H2,1-2H3. The average molecular weight is 254 g/mol. The zero-order valence-electron chi connectivity index (χ0n) is 11.7. The van der Waals surface area contributed by atoms with Crippen molar-refractivity contribution in [1.82, 2.24) is 10.3 Å². The molecule has 104 valence electrons. The van der Waals surface area contributed by atoms with Crippen LogP contribution in [0.4, 0.5) is 0 Å². The van der Waals surface area contributed by atoms with E-state index >= 15 is 0 Å². The minimum absolute atomic E-state index is 0.400. The van der Waals surface area contributed by atoms with Gasteiger partial charge in [0.25, 0.3) is 0 Å². The first-order valence-corrected chi connectivity index (χ1v) is 7.14. The molecule has 0 radical (unpaired) electrons. The minimum Gasteiger partial charge on any atom is -0.450 e. The number of nitrogens with zero attached hydrogens (tertiary/aromatic N) is 1. The quantitative estimate of drug-likeness (QED) is 0.614. The van der Waals surface area contributed by atoms with Gasteiger partial charge in [-0.15, -0.1) is 0 Å². The molecular weight excluding hydrogens is 228 g/mol. The highest BCUT2D eigenvalue weighted by Gasteiger charge is 2.03. The van der Waals surface area contributed by atoms with Crippen molar-refractivity contribution in [3.63, 3.8) is 0 Å². The molecule has 0 atom stereocenters. The average Bonchev–Trinajstić information content (AvgIpc) is 2.83. The summed E-state index contributed by atoms with van der Waals surface area (Å²) in [5, 5.41) is 3.20. The van der Waals surface area contributed by atoms with Crippen molar-refractivity contribution >= 4 is 0 Å². The van der Waals surface area contributed by atoms with Crippen LogP contribution in [0.3, 0.4) is 0 Å². The van der Waals surface area contributed by atoms with E-state index in [2.05, 4.69) is 24.1 Å². The maximum Gasteiger partial charge on any atom is 0.393 e. The number of hydrogen-bond acceptors (Lipinski definition) is 4. The number of oxazole rings is 1. The summed E-state index contributed by atoms with van der Waals surface area (Å²) in [7, 11) is 0. The lowest BCUT2D eigenvalue weighted by Crippen LogP contribution is -2.11. The van der Waals surface area contributed by atoms with Gasteiger partial charge in [-0.05, 0) is 13.0 Å². The van der Waals surface area contributed by atoms with Gasteiger partial charge in [0.15, 0.2) is 0 Å². The monoisotopic (exact) mass is 254 g/mol. The molecule has 0 bridgehead atoms. The van der Waals surface area contributed by atoms with Crippen LogP contribution in [-0.2, 0) is 6.54 Å². The van der Waals surface area contributed by atoms with Crippen molar-refractivity contribution < 1.29 is 9.15 Å². The highest BCUT2D eigenvalue weighted by atomic mass is 16.6. The first kappa shape index (κ1) is 15.0. The molecule has 0 amide bonds. The van der Waals surface area contributed by atoms with E-state index in [1.165, 1.54) is 32.1 Å². The lowest BCUT2D eigenvalue weighted by atomic mass is 10.1. The summed E-state index contributed by atoms with van der Waals surface area (Å²) >= 11 is 0. The molecule has 1 rings (SSSR count). The highest BCUT2D eigenvalue weighted by Crippen LogP contribution is 2.11. The van der Waals surface area contributed by atoms with Crippen molar-refractivity contribution in [1.29, 1.82) is 0 Å². The zero-order valence-corrected chi connectivity index (χ0v) is 11.7. The van der Waals surface area contributed by atoms with Crippen LogP contribution in [0.1, 0.15) is 58.1 Å². The van der Waals surface area contributed by atoms with Gasteiger partial charge >= 0.3 is 6.08 Å². The Bertz CT molecular complexity index is 300. The number of ether oxygens (including phenoxy) is 1. The molecule has 4 heteroatoms. The van der Waals surface area contributed by atoms with E-state index in [1.54, 1.807) is 6.26 Å². The Morgan fingerprint density at radius 3 is 2.72 bits per heavy atom. The normalized spacial score (nSPS) is 10.8. The Labute approximate surface area is 110 Å². The van der Waals surface area contributed by atoms with Crippen LogP contribution < -0.4 is 10.1 Å². The van der Waals surface area contributed by atoms with E-state index in [4.69, 9.17) is 9.15 Å². The Kier molecular flexibility index (Phi) is 8.30. The summed E-state index contributed by atoms with van der Waals surface area (Å²) in [5.41, 5.74) is 0.898. The predicted octanol–water partition coefficient (Wildman–Crippen LogP) is 3.52. The fraction of sp³-hybridized carbons (Fsp3) is 0.786. The molecule has 0 fully saturated rings. The van der Waals surface area contributed by atoms with Crippen LogP contribution in [-0.4, -0.2) is 18.1 Å². The third-order valence-electron chi connectivity index (χ3n) is 2.81. The van der Waals surface area contributed by atoms with Crippen molar-refractivity contribution in [3.8, 4) is 6.08 Å². The van der Waals surface area contributed by atoms with Crippen molar-refractivity contribution in [3.05, 3.63) is 12.0 Å². The van der Waals surface area contributed by atoms with Gasteiger partial charge in [0.1, 0.15) is 6.26 Å². The minimum atomic E-state index is 0.400. The Morgan fingerprint density at radius 1 is 1.17 bits per heavy atom. The van der Waals surface area contributed by atoms with E-state index in [9.17, 15) is 0 Å². The van der Waals surface area contributed by atoms with E-state index in [0.29, 0.717) is 12.7 Å². The number of nitrogens with one attached hydrogen (secondary N) is 1. The van der Waals surface area contributed by atoms with Gasteiger partial charge in [-0.3, -0.25) is 0 Å². The van der Waals surface area contributed by atoms with E-state index in [0.717, 1.165) is 25.2 Å². The fourth-order valence-electron chi connectivity index (χ4n) is 1.73. The third kappa shape index (κ3) is 6.64. The second-order valence-corrected chi connectivity index (χ2v) is 4.50. The maximum absolute atomic E-state index is 5.47. The van der Waals surface area contributed by atoms with E-state index in [-0.39, 0.29) is 0 Å². The molecule has 0 aliphatic heterocycles. The summed E-state index contributed by atoms with van der Waals surface area (Å²) in [6.07, 6.45) is 9.63. The topological polar surface area (TPSA) is 47.3 Å². The molecule has 0 saturated carbocycles. The molecule has 1 heterocycles. The van der Waals surface area contributed by atoms with Gasteiger partial charge in [-0.1, -0.05) is 46.0 Å². The van der Waals surface area contributed by atoms with Crippen LogP contribution in [0.15, 0.2) is 10.7 Å². The summed E-state index contributed by atoms with van der Waals surface area (Å²) in [4.78, 5) is 4.24. The Morgan fingerprint density at radius 2 is 1.94 bits per heavy atom. The van der Waals surface area contributed by atoms with E-state index < -0.39 is 0 Å². The summed E-state index contributed by atoms with van der Waals surface area (Å²) in [6, 6.07) is 0. The second-order valence-electron chi connectivity index (χ2n) is 4.50.